The highest BCUT2D eigenvalue weighted by Gasteiger charge is 2.44. The summed E-state index contributed by atoms with van der Waals surface area (Å²) in [5.74, 6) is -0.157. The van der Waals surface area contributed by atoms with Crippen molar-refractivity contribution in [2.24, 2.45) is 5.92 Å². The highest BCUT2D eigenvalue weighted by atomic mass is 19.4. The molecule has 1 saturated carbocycles. The Morgan fingerprint density at radius 1 is 1.38 bits per heavy atom. The number of nitrogens with zero attached hydrogens (tertiary/aromatic N) is 2. The molecular formula is C14H21F3N2O2. The molecule has 21 heavy (non-hydrogen) atoms. The molecule has 0 amide bonds. The zero-order valence-corrected chi connectivity index (χ0v) is 12.2. The topological polar surface area (TPSA) is 59.2 Å². The summed E-state index contributed by atoms with van der Waals surface area (Å²) in [4.78, 5) is 4.10. The third kappa shape index (κ3) is 3.75. The summed E-state index contributed by atoms with van der Waals surface area (Å²) in [6, 6.07) is 0. The molecule has 0 aliphatic heterocycles. The molecule has 1 aromatic rings. The summed E-state index contributed by atoms with van der Waals surface area (Å²) in [6.07, 6.45) is -1.94. The Bertz CT molecular complexity index is 461. The molecule has 1 aliphatic rings. The van der Waals surface area contributed by atoms with E-state index in [1.54, 1.807) is 0 Å². The maximum absolute atomic E-state index is 12.5. The van der Waals surface area contributed by atoms with Gasteiger partial charge in [-0.15, -0.1) is 0 Å². The third-order valence-electron chi connectivity index (χ3n) is 4.38. The first kappa shape index (κ1) is 16.3. The van der Waals surface area contributed by atoms with Gasteiger partial charge in [-0.1, -0.05) is 38.3 Å². The van der Waals surface area contributed by atoms with Crippen molar-refractivity contribution < 1.29 is 22.8 Å². The van der Waals surface area contributed by atoms with Gasteiger partial charge in [-0.05, 0) is 18.8 Å². The fourth-order valence-corrected chi connectivity index (χ4v) is 2.91. The number of alkyl halides is 3. The van der Waals surface area contributed by atoms with Gasteiger partial charge in [0.2, 0.25) is 5.89 Å². The van der Waals surface area contributed by atoms with Gasteiger partial charge in [0, 0.05) is 5.92 Å². The highest BCUT2D eigenvalue weighted by molar-refractivity contribution is 5.02. The monoisotopic (exact) mass is 306 g/mol. The van der Waals surface area contributed by atoms with Crippen LogP contribution in [0.1, 0.15) is 69.5 Å². The van der Waals surface area contributed by atoms with Crippen LogP contribution >= 0.6 is 0 Å². The minimum Gasteiger partial charge on any atom is -0.383 e. The summed E-state index contributed by atoms with van der Waals surface area (Å²) in [7, 11) is 0. The summed E-state index contributed by atoms with van der Waals surface area (Å²) in [5.41, 5.74) is 0. The van der Waals surface area contributed by atoms with E-state index in [9.17, 15) is 18.3 Å². The van der Waals surface area contributed by atoms with Crippen molar-refractivity contribution in [3.05, 3.63) is 11.7 Å². The summed E-state index contributed by atoms with van der Waals surface area (Å²) in [5, 5.41) is 13.1. The van der Waals surface area contributed by atoms with Crippen molar-refractivity contribution in [3.8, 4) is 0 Å². The molecule has 4 nitrogen and oxygen atoms in total. The summed E-state index contributed by atoms with van der Waals surface area (Å²) >= 11 is 0. The smallest absolute Gasteiger partial charge is 0.383 e. The fraction of sp³-hybridized carbons (Fsp3) is 0.857. The van der Waals surface area contributed by atoms with Gasteiger partial charge < -0.3 is 9.63 Å². The van der Waals surface area contributed by atoms with Crippen LogP contribution in [0.5, 0.6) is 0 Å². The minimum absolute atomic E-state index is 0.145. The standard InChI is InChI=1S/C14H21F3N2O2/c1-3-9-5-4-6-10(7-9)12-18-13(21-19-12)8(2)11(20)14(15,16)17/h8-11,20H,3-7H2,1-2H3. The van der Waals surface area contributed by atoms with E-state index in [-0.39, 0.29) is 11.8 Å². The van der Waals surface area contributed by atoms with Crippen molar-refractivity contribution in [1.29, 1.82) is 0 Å². The molecule has 1 aliphatic carbocycles. The van der Waals surface area contributed by atoms with E-state index in [2.05, 4.69) is 17.1 Å². The zero-order chi connectivity index (χ0) is 15.6. The van der Waals surface area contributed by atoms with Crippen LogP contribution in [-0.2, 0) is 0 Å². The van der Waals surface area contributed by atoms with E-state index in [1.165, 1.54) is 13.3 Å². The Labute approximate surface area is 121 Å². The Morgan fingerprint density at radius 2 is 2.10 bits per heavy atom. The van der Waals surface area contributed by atoms with Gasteiger partial charge in [-0.3, -0.25) is 0 Å². The Morgan fingerprint density at radius 3 is 2.71 bits per heavy atom. The van der Waals surface area contributed by atoms with Crippen molar-refractivity contribution in [2.75, 3.05) is 0 Å². The number of rotatable bonds is 4. The maximum atomic E-state index is 12.5. The number of aromatic nitrogens is 2. The molecule has 120 valence electrons. The Hall–Kier alpha value is -1.11. The predicted molar refractivity (Wildman–Crippen MR) is 69.8 cm³/mol. The van der Waals surface area contributed by atoms with Gasteiger partial charge >= 0.3 is 6.18 Å². The number of aliphatic hydroxyl groups is 1. The molecular weight excluding hydrogens is 285 g/mol. The van der Waals surface area contributed by atoms with Gasteiger partial charge in [0.15, 0.2) is 11.9 Å². The SMILES string of the molecule is CCC1CCCC(c2noc(C(C)C(O)C(F)(F)F)n2)C1. The second-order valence-corrected chi connectivity index (χ2v) is 5.90. The fourth-order valence-electron chi connectivity index (χ4n) is 2.91. The molecule has 7 heteroatoms. The van der Waals surface area contributed by atoms with Gasteiger partial charge in [0.05, 0.1) is 5.92 Å². The Kier molecular flexibility index (Phi) is 4.91. The van der Waals surface area contributed by atoms with E-state index in [0.29, 0.717) is 11.7 Å². The highest BCUT2D eigenvalue weighted by Crippen LogP contribution is 2.37. The lowest BCUT2D eigenvalue weighted by Gasteiger charge is -2.26. The predicted octanol–water partition coefficient (Wildman–Crippen LogP) is 3.78. The van der Waals surface area contributed by atoms with Gasteiger partial charge in [-0.25, -0.2) is 0 Å². The first-order chi connectivity index (χ1) is 9.82. The minimum atomic E-state index is -4.69. The van der Waals surface area contributed by atoms with Crippen LogP contribution in [0.3, 0.4) is 0 Å². The van der Waals surface area contributed by atoms with Crippen LogP contribution < -0.4 is 0 Å². The van der Waals surface area contributed by atoms with Gasteiger partial charge in [0.1, 0.15) is 0 Å². The normalized spacial score (nSPS) is 26.6. The van der Waals surface area contributed by atoms with Crippen LogP contribution in [0.2, 0.25) is 0 Å². The van der Waals surface area contributed by atoms with Crippen LogP contribution in [0.4, 0.5) is 13.2 Å². The van der Waals surface area contributed by atoms with Crippen molar-refractivity contribution in [3.63, 3.8) is 0 Å². The van der Waals surface area contributed by atoms with E-state index < -0.39 is 18.2 Å². The Balaban J connectivity index is 2.07. The third-order valence-corrected chi connectivity index (χ3v) is 4.38. The zero-order valence-electron chi connectivity index (χ0n) is 12.2. The molecule has 1 N–H and O–H groups in total. The second kappa shape index (κ2) is 6.34. The quantitative estimate of drug-likeness (QED) is 0.919. The van der Waals surface area contributed by atoms with Crippen molar-refractivity contribution in [2.45, 2.75) is 70.1 Å². The van der Waals surface area contributed by atoms with Crippen LogP contribution in [0, 0.1) is 5.92 Å². The maximum Gasteiger partial charge on any atom is 0.415 e. The molecule has 1 fully saturated rings. The van der Waals surface area contributed by atoms with Gasteiger partial charge in [0.25, 0.3) is 0 Å². The molecule has 0 saturated heterocycles. The molecule has 4 unspecified atom stereocenters. The van der Waals surface area contributed by atoms with Crippen molar-refractivity contribution >= 4 is 0 Å². The molecule has 0 spiro atoms. The summed E-state index contributed by atoms with van der Waals surface area (Å²) in [6.45, 7) is 3.38. The second-order valence-electron chi connectivity index (χ2n) is 5.90. The van der Waals surface area contributed by atoms with E-state index >= 15 is 0 Å². The van der Waals surface area contributed by atoms with Crippen molar-refractivity contribution in [1.82, 2.24) is 10.1 Å². The molecule has 1 heterocycles. The molecule has 0 aromatic carbocycles. The first-order valence-corrected chi connectivity index (χ1v) is 7.41. The number of hydrogen-bond acceptors (Lipinski definition) is 4. The van der Waals surface area contributed by atoms with E-state index in [4.69, 9.17) is 4.52 Å². The van der Waals surface area contributed by atoms with E-state index in [0.717, 1.165) is 25.7 Å². The average molecular weight is 306 g/mol. The molecule has 4 atom stereocenters. The molecule has 1 aromatic heterocycles. The van der Waals surface area contributed by atoms with E-state index in [1.807, 2.05) is 0 Å². The number of aliphatic hydroxyl groups excluding tert-OH is 1. The number of hydrogen-bond donors (Lipinski definition) is 1. The molecule has 0 radical (unpaired) electrons. The lowest BCUT2D eigenvalue weighted by atomic mass is 9.80. The van der Waals surface area contributed by atoms with Crippen LogP contribution in [-0.4, -0.2) is 27.5 Å². The average Bonchev–Trinajstić information content (AvgIpc) is 2.94. The first-order valence-electron chi connectivity index (χ1n) is 7.41. The lowest BCUT2D eigenvalue weighted by Crippen LogP contribution is -2.33. The number of halogens is 3. The molecule has 2 rings (SSSR count). The lowest BCUT2D eigenvalue weighted by molar-refractivity contribution is -0.210. The van der Waals surface area contributed by atoms with Gasteiger partial charge in [-0.2, -0.15) is 18.2 Å². The van der Waals surface area contributed by atoms with Crippen LogP contribution in [0.15, 0.2) is 4.52 Å². The van der Waals surface area contributed by atoms with Crippen LogP contribution in [0.25, 0.3) is 0 Å². The summed E-state index contributed by atoms with van der Waals surface area (Å²) < 4.78 is 42.5. The largest absolute Gasteiger partial charge is 0.415 e. The molecule has 0 bridgehead atoms.